The Balaban J connectivity index is 1.58. The van der Waals surface area contributed by atoms with Crippen LogP contribution in [-0.4, -0.2) is 42.1 Å². The summed E-state index contributed by atoms with van der Waals surface area (Å²) in [6.45, 7) is 2.66. The number of esters is 2. The summed E-state index contributed by atoms with van der Waals surface area (Å²) in [5.74, 6) is -0.319. The molecule has 3 heterocycles. The van der Waals surface area contributed by atoms with Crippen molar-refractivity contribution in [3.8, 4) is 23.0 Å². The number of ketones is 1. The van der Waals surface area contributed by atoms with Gasteiger partial charge in [0.25, 0.3) is 0 Å². The van der Waals surface area contributed by atoms with Crippen molar-refractivity contribution in [3.05, 3.63) is 52.6 Å². The fourth-order valence-electron chi connectivity index (χ4n) is 5.08. The summed E-state index contributed by atoms with van der Waals surface area (Å²) in [6.07, 6.45) is 6.59. The van der Waals surface area contributed by atoms with Gasteiger partial charge in [-0.2, -0.15) is 0 Å². The highest BCUT2D eigenvalue weighted by Gasteiger charge is 2.36. The highest BCUT2D eigenvalue weighted by Crippen LogP contribution is 2.48. The largest absolute Gasteiger partial charge is 0.507 e. The zero-order chi connectivity index (χ0) is 25.9. The molecular formula is C29H30O8. The van der Waals surface area contributed by atoms with Gasteiger partial charge in [0.05, 0.1) is 12.5 Å². The number of Topliss-reactive ketones (excluding diaryl/α,β-unsaturated/α-hetero) is 1. The van der Waals surface area contributed by atoms with Gasteiger partial charge in [0.2, 0.25) is 0 Å². The number of hydrogen-bond acceptors (Lipinski definition) is 8. The van der Waals surface area contributed by atoms with E-state index in [9.17, 15) is 19.5 Å². The van der Waals surface area contributed by atoms with Crippen molar-refractivity contribution >= 4 is 23.8 Å². The summed E-state index contributed by atoms with van der Waals surface area (Å²) in [4.78, 5) is 38.0. The van der Waals surface area contributed by atoms with Crippen LogP contribution in [0.4, 0.5) is 0 Å². The molecule has 0 unspecified atom stereocenters. The molecule has 0 fully saturated rings. The van der Waals surface area contributed by atoms with Crippen LogP contribution in [0.2, 0.25) is 0 Å². The van der Waals surface area contributed by atoms with Crippen molar-refractivity contribution in [2.75, 3.05) is 13.2 Å². The van der Waals surface area contributed by atoms with Crippen molar-refractivity contribution in [1.29, 1.82) is 0 Å². The second-order valence-corrected chi connectivity index (χ2v) is 9.68. The molecule has 0 saturated heterocycles. The van der Waals surface area contributed by atoms with Gasteiger partial charge in [0.15, 0.2) is 11.5 Å². The zero-order valence-corrected chi connectivity index (χ0v) is 20.8. The lowest BCUT2D eigenvalue weighted by molar-refractivity contribution is -0.135. The topological polar surface area (TPSA) is 108 Å². The van der Waals surface area contributed by atoms with Gasteiger partial charge in [-0.1, -0.05) is 18.2 Å². The molecule has 0 aliphatic carbocycles. The molecular weight excluding hydrogens is 476 g/mol. The van der Waals surface area contributed by atoms with Crippen molar-refractivity contribution < 1.29 is 38.4 Å². The number of allylic oxidation sites excluding steroid dienone is 1. The first kappa shape index (κ1) is 24.9. The van der Waals surface area contributed by atoms with Gasteiger partial charge in [-0.3, -0.25) is 9.59 Å². The molecule has 0 radical (unpaired) electrons. The first-order valence-corrected chi connectivity index (χ1v) is 12.8. The van der Waals surface area contributed by atoms with Gasteiger partial charge in [0, 0.05) is 24.3 Å². The van der Waals surface area contributed by atoms with Gasteiger partial charge < -0.3 is 24.1 Å². The summed E-state index contributed by atoms with van der Waals surface area (Å²) >= 11 is 0. The summed E-state index contributed by atoms with van der Waals surface area (Å²) in [5, 5.41) is 11.5. The maximum atomic E-state index is 13.3. The maximum absolute atomic E-state index is 13.3. The molecule has 0 spiro atoms. The van der Waals surface area contributed by atoms with E-state index in [-0.39, 0.29) is 29.3 Å². The molecule has 3 aliphatic heterocycles. The second-order valence-electron chi connectivity index (χ2n) is 9.68. The predicted octanol–water partition coefficient (Wildman–Crippen LogP) is 5.09. The number of aromatic hydroxyl groups is 1. The average molecular weight is 507 g/mol. The third kappa shape index (κ3) is 5.33. The van der Waals surface area contributed by atoms with Crippen molar-refractivity contribution in [2.24, 2.45) is 0 Å². The Labute approximate surface area is 215 Å². The lowest BCUT2D eigenvalue weighted by Crippen LogP contribution is -2.23. The summed E-state index contributed by atoms with van der Waals surface area (Å²) in [5.41, 5.74) is 1.53. The molecule has 37 heavy (non-hydrogen) atoms. The van der Waals surface area contributed by atoms with E-state index in [2.05, 4.69) is 0 Å². The molecule has 8 heteroatoms. The van der Waals surface area contributed by atoms with Crippen LogP contribution in [-0.2, 0) is 14.3 Å². The monoisotopic (exact) mass is 506 g/mol. The lowest BCUT2D eigenvalue weighted by atomic mass is 9.83. The number of hydrogen-bond donors (Lipinski definition) is 1. The first-order chi connectivity index (χ1) is 17.9. The normalized spacial score (nSPS) is 23.1. The van der Waals surface area contributed by atoms with Gasteiger partial charge in [-0.25, -0.2) is 4.79 Å². The standard InChI is InChI=1S/C29H30O8/c1-17-6-5-9-20(30)8-4-2-3-7-19-15-24-27(28(32)26(19)29(33)36-17)21(16-25(31)37-24)18-10-11-22-23(14-18)35-13-12-34-22/h3,7,10-11,14-15,17,21,32H,2,4-6,8-9,12-13,16H2,1H3/b7-3+/t17-,21-/m0/s1. The third-order valence-electron chi connectivity index (χ3n) is 6.95. The Morgan fingerprint density at radius 2 is 1.73 bits per heavy atom. The van der Waals surface area contributed by atoms with E-state index in [4.69, 9.17) is 18.9 Å². The summed E-state index contributed by atoms with van der Waals surface area (Å²) in [6, 6.07) is 7.01. The minimum atomic E-state index is -0.659. The van der Waals surface area contributed by atoms with Gasteiger partial charge in [-0.05, 0) is 61.9 Å². The van der Waals surface area contributed by atoms with Crippen LogP contribution in [0.25, 0.3) is 6.08 Å². The minimum absolute atomic E-state index is 0.00565. The van der Waals surface area contributed by atoms with Crippen LogP contribution in [0.5, 0.6) is 23.0 Å². The van der Waals surface area contributed by atoms with Crippen LogP contribution in [0, 0.1) is 0 Å². The van der Waals surface area contributed by atoms with E-state index in [0.717, 1.165) is 5.56 Å². The van der Waals surface area contributed by atoms with E-state index in [1.54, 1.807) is 31.2 Å². The predicted molar refractivity (Wildman–Crippen MR) is 134 cm³/mol. The number of phenols is 1. The molecule has 1 N–H and O–H groups in total. The van der Waals surface area contributed by atoms with E-state index in [1.807, 2.05) is 12.1 Å². The molecule has 2 aromatic rings. The Morgan fingerprint density at radius 1 is 0.946 bits per heavy atom. The van der Waals surface area contributed by atoms with E-state index >= 15 is 0 Å². The smallest absolute Gasteiger partial charge is 0.342 e. The number of benzene rings is 2. The highest BCUT2D eigenvalue weighted by molar-refractivity contribution is 5.98. The third-order valence-corrected chi connectivity index (χ3v) is 6.95. The lowest BCUT2D eigenvalue weighted by Gasteiger charge is -2.28. The molecule has 2 atom stereocenters. The molecule has 0 bridgehead atoms. The average Bonchev–Trinajstić information content (AvgIpc) is 2.87. The van der Waals surface area contributed by atoms with Gasteiger partial charge in [0.1, 0.15) is 36.1 Å². The van der Waals surface area contributed by atoms with Gasteiger partial charge in [-0.15, -0.1) is 0 Å². The van der Waals surface area contributed by atoms with Crippen LogP contribution in [0.3, 0.4) is 0 Å². The minimum Gasteiger partial charge on any atom is -0.507 e. The van der Waals surface area contributed by atoms with Crippen LogP contribution in [0.15, 0.2) is 30.3 Å². The fraction of sp³-hybridized carbons (Fsp3) is 0.414. The Bertz CT molecular complexity index is 1260. The van der Waals surface area contributed by atoms with Crippen molar-refractivity contribution in [3.63, 3.8) is 0 Å². The number of fused-ring (bicyclic) bond motifs is 3. The number of cyclic esters (lactones) is 1. The number of rotatable bonds is 1. The Kier molecular flexibility index (Phi) is 7.17. The second kappa shape index (κ2) is 10.7. The molecule has 3 aliphatic rings. The molecule has 194 valence electrons. The van der Waals surface area contributed by atoms with E-state index in [0.29, 0.717) is 74.4 Å². The van der Waals surface area contributed by atoms with E-state index in [1.165, 1.54) is 0 Å². The van der Waals surface area contributed by atoms with Crippen molar-refractivity contribution in [2.45, 2.75) is 63.9 Å². The first-order valence-electron chi connectivity index (χ1n) is 12.8. The fourth-order valence-corrected chi connectivity index (χ4v) is 5.08. The molecule has 0 aromatic heterocycles. The summed E-state index contributed by atoms with van der Waals surface area (Å²) in [7, 11) is 0. The Hall–Kier alpha value is -3.81. The number of ether oxygens (including phenoxy) is 4. The summed E-state index contributed by atoms with van der Waals surface area (Å²) < 4.78 is 22.5. The number of carbonyl (C=O) groups is 3. The molecule has 8 nitrogen and oxygen atoms in total. The zero-order valence-electron chi connectivity index (χ0n) is 20.8. The Morgan fingerprint density at radius 3 is 2.57 bits per heavy atom. The number of carbonyl (C=O) groups excluding carboxylic acids is 3. The molecule has 0 saturated carbocycles. The maximum Gasteiger partial charge on any atom is 0.342 e. The molecule has 5 rings (SSSR count). The quantitative estimate of drug-likeness (QED) is 0.421. The highest BCUT2D eigenvalue weighted by atomic mass is 16.6. The van der Waals surface area contributed by atoms with Crippen LogP contribution >= 0.6 is 0 Å². The van der Waals surface area contributed by atoms with E-state index < -0.39 is 24.0 Å². The van der Waals surface area contributed by atoms with Gasteiger partial charge >= 0.3 is 11.9 Å². The SMILES string of the molecule is C[C@H]1CCCC(=O)CCC/C=C/c2cc3c(c(O)c2C(=O)O1)[C@H](c1ccc2c(c1)OCCO2)CC(=O)O3. The number of phenolic OH excluding ortho intramolecular Hbond substituents is 1. The van der Waals surface area contributed by atoms with Crippen LogP contribution < -0.4 is 14.2 Å². The molecule has 0 amide bonds. The van der Waals surface area contributed by atoms with Crippen LogP contribution in [0.1, 0.15) is 84.8 Å². The molecule has 2 aromatic carbocycles. The van der Waals surface area contributed by atoms with Crippen molar-refractivity contribution in [1.82, 2.24) is 0 Å².